The van der Waals surface area contributed by atoms with Crippen molar-refractivity contribution in [3.05, 3.63) is 40.2 Å². The van der Waals surface area contributed by atoms with Crippen LogP contribution < -0.4 is 5.32 Å². The van der Waals surface area contributed by atoms with Crippen LogP contribution in [0.25, 0.3) is 0 Å². The van der Waals surface area contributed by atoms with E-state index < -0.39 is 18.0 Å². The molecule has 0 radical (unpaired) electrons. The Labute approximate surface area is 118 Å². The predicted octanol–water partition coefficient (Wildman–Crippen LogP) is 1.56. The van der Waals surface area contributed by atoms with Gasteiger partial charge < -0.3 is 15.2 Å². The summed E-state index contributed by atoms with van der Waals surface area (Å²) >= 11 is 1.32. The third-order valence-electron chi connectivity index (χ3n) is 2.43. The standard InChI is InChI=1S/C12H11N3O4S/c1-19-12(18)7-4-5-9(15-14-7)13-10(11(16)17)8-3-2-6-20-8/h2-6,10H,1H3,(H,13,15)(H,16,17). The van der Waals surface area contributed by atoms with Crippen molar-refractivity contribution in [1.29, 1.82) is 0 Å². The average molecular weight is 293 g/mol. The van der Waals surface area contributed by atoms with Crippen LogP contribution in [0, 0.1) is 0 Å². The molecular weight excluding hydrogens is 282 g/mol. The molecule has 8 heteroatoms. The molecule has 0 saturated carbocycles. The van der Waals surface area contributed by atoms with E-state index >= 15 is 0 Å². The fourth-order valence-electron chi connectivity index (χ4n) is 1.48. The van der Waals surface area contributed by atoms with Crippen LogP contribution in [0.4, 0.5) is 5.82 Å². The van der Waals surface area contributed by atoms with Crippen molar-refractivity contribution in [3.63, 3.8) is 0 Å². The van der Waals surface area contributed by atoms with Crippen molar-refractivity contribution in [2.45, 2.75) is 6.04 Å². The van der Waals surface area contributed by atoms with Gasteiger partial charge in [0.2, 0.25) is 0 Å². The first-order chi connectivity index (χ1) is 9.61. The summed E-state index contributed by atoms with van der Waals surface area (Å²) in [5.74, 6) is -1.36. The van der Waals surface area contributed by atoms with Crippen molar-refractivity contribution in [1.82, 2.24) is 10.2 Å². The van der Waals surface area contributed by atoms with Gasteiger partial charge >= 0.3 is 11.9 Å². The first-order valence-electron chi connectivity index (χ1n) is 5.56. The zero-order chi connectivity index (χ0) is 14.5. The highest BCUT2D eigenvalue weighted by Crippen LogP contribution is 2.22. The monoisotopic (exact) mass is 293 g/mol. The lowest BCUT2D eigenvalue weighted by Crippen LogP contribution is -2.20. The number of nitrogens with one attached hydrogen (secondary N) is 1. The van der Waals surface area contributed by atoms with Gasteiger partial charge in [-0.3, -0.25) is 0 Å². The molecule has 20 heavy (non-hydrogen) atoms. The number of carboxylic acids is 1. The summed E-state index contributed by atoms with van der Waals surface area (Å²) in [7, 11) is 1.24. The highest BCUT2D eigenvalue weighted by atomic mass is 32.1. The summed E-state index contributed by atoms with van der Waals surface area (Å²) in [5, 5.41) is 21.2. The van der Waals surface area contributed by atoms with Gasteiger partial charge in [-0.25, -0.2) is 9.59 Å². The number of nitrogens with zero attached hydrogens (tertiary/aromatic N) is 2. The van der Waals surface area contributed by atoms with Crippen LogP contribution in [0.15, 0.2) is 29.6 Å². The molecule has 104 valence electrons. The van der Waals surface area contributed by atoms with Crippen molar-refractivity contribution in [3.8, 4) is 0 Å². The minimum Gasteiger partial charge on any atom is -0.479 e. The van der Waals surface area contributed by atoms with Crippen LogP contribution in [-0.2, 0) is 9.53 Å². The molecule has 0 aromatic carbocycles. The van der Waals surface area contributed by atoms with Gasteiger partial charge in [-0.1, -0.05) is 6.07 Å². The number of carbonyl (C=O) groups is 2. The molecule has 0 aliphatic rings. The number of methoxy groups -OCH3 is 1. The van der Waals surface area contributed by atoms with E-state index in [1.165, 1.54) is 30.6 Å². The number of hydrogen-bond donors (Lipinski definition) is 2. The number of anilines is 1. The number of ether oxygens (including phenoxy) is 1. The molecule has 2 heterocycles. The molecule has 0 aliphatic carbocycles. The lowest BCUT2D eigenvalue weighted by atomic mass is 10.2. The van der Waals surface area contributed by atoms with Crippen LogP contribution >= 0.6 is 11.3 Å². The largest absolute Gasteiger partial charge is 0.479 e. The van der Waals surface area contributed by atoms with Crippen molar-refractivity contribution in [2.75, 3.05) is 12.4 Å². The van der Waals surface area contributed by atoms with Gasteiger partial charge in [0.25, 0.3) is 0 Å². The average Bonchev–Trinajstić information content (AvgIpc) is 2.98. The van der Waals surface area contributed by atoms with Crippen LogP contribution in [0.3, 0.4) is 0 Å². The number of hydrogen-bond acceptors (Lipinski definition) is 7. The molecule has 0 aliphatic heterocycles. The summed E-state index contributed by atoms with van der Waals surface area (Å²) in [6.07, 6.45) is 0. The Morgan fingerprint density at radius 1 is 1.35 bits per heavy atom. The highest BCUT2D eigenvalue weighted by molar-refractivity contribution is 7.10. The minimum absolute atomic E-state index is 0.0565. The number of carboxylic acid groups (broad SMARTS) is 1. The summed E-state index contributed by atoms with van der Waals surface area (Å²) in [6, 6.07) is 5.46. The number of carbonyl (C=O) groups excluding carboxylic acids is 1. The second kappa shape index (κ2) is 6.11. The van der Waals surface area contributed by atoms with Crippen molar-refractivity contribution >= 4 is 29.1 Å². The van der Waals surface area contributed by atoms with E-state index in [1.54, 1.807) is 17.5 Å². The number of esters is 1. The quantitative estimate of drug-likeness (QED) is 0.806. The molecule has 1 unspecified atom stereocenters. The predicted molar refractivity (Wildman–Crippen MR) is 71.7 cm³/mol. The van der Waals surface area contributed by atoms with Gasteiger partial charge in [0, 0.05) is 4.88 Å². The number of aromatic nitrogens is 2. The fourth-order valence-corrected chi connectivity index (χ4v) is 2.25. The minimum atomic E-state index is -1.02. The van der Waals surface area contributed by atoms with Crippen LogP contribution in [0.1, 0.15) is 21.4 Å². The normalized spacial score (nSPS) is 11.7. The molecule has 7 nitrogen and oxygen atoms in total. The maximum Gasteiger partial charge on any atom is 0.358 e. The molecule has 0 spiro atoms. The highest BCUT2D eigenvalue weighted by Gasteiger charge is 2.21. The molecule has 2 aromatic heterocycles. The Balaban J connectivity index is 2.15. The second-order valence-electron chi connectivity index (χ2n) is 3.73. The van der Waals surface area contributed by atoms with Crippen LogP contribution in [0.2, 0.25) is 0 Å². The first-order valence-corrected chi connectivity index (χ1v) is 6.44. The van der Waals surface area contributed by atoms with Crippen LogP contribution in [0.5, 0.6) is 0 Å². The lowest BCUT2D eigenvalue weighted by molar-refractivity contribution is -0.138. The third kappa shape index (κ3) is 3.09. The second-order valence-corrected chi connectivity index (χ2v) is 4.71. The topological polar surface area (TPSA) is 101 Å². The Morgan fingerprint density at radius 2 is 2.15 bits per heavy atom. The van der Waals surface area contributed by atoms with Crippen molar-refractivity contribution in [2.24, 2.45) is 0 Å². The van der Waals surface area contributed by atoms with E-state index in [-0.39, 0.29) is 11.5 Å². The number of thiophene rings is 1. The molecule has 0 fully saturated rings. The number of rotatable bonds is 5. The van der Waals surface area contributed by atoms with Crippen LogP contribution in [-0.4, -0.2) is 34.4 Å². The molecule has 2 aromatic rings. The lowest BCUT2D eigenvalue weighted by Gasteiger charge is -2.12. The van der Waals surface area contributed by atoms with Gasteiger partial charge in [0.1, 0.15) is 5.82 Å². The van der Waals surface area contributed by atoms with Gasteiger partial charge in [0.05, 0.1) is 7.11 Å². The van der Waals surface area contributed by atoms with Gasteiger partial charge in [0.15, 0.2) is 11.7 Å². The molecule has 0 bridgehead atoms. The Morgan fingerprint density at radius 3 is 2.65 bits per heavy atom. The third-order valence-corrected chi connectivity index (χ3v) is 3.36. The van der Waals surface area contributed by atoms with Gasteiger partial charge in [-0.05, 0) is 23.6 Å². The molecule has 1 atom stereocenters. The van der Waals surface area contributed by atoms with E-state index in [1.807, 2.05) is 0 Å². The zero-order valence-corrected chi connectivity index (χ0v) is 11.3. The molecular formula is C12H11N3O4S. The molecule has 0 saturated heterocycles. The van der Waals surface area contributed by atoms with Crippen molar-refractivity contribution < 1.29 is 19.4 Å². The van der Waals surface area contributed by atoms with E-state index in [0.29, 0.717) is 4.88 Å². The number of aliphatic carboxylic acids is 1. The molecule has 2 N–H and O–H groups in total. The SMILES string of the molecule is COC(=O)c1ccc(NC(C(=O)O)c2cccs2)nn1. The van der Waals surface area contributed by atoms with E-state index in [9.17, 15) is 14.7 Å². The first kappa shape index (κ1) is 13.9. The van der Waals surface area contributed by atoms with Gasteiger partial charge in [-0.2, -0.15) is 0 Å². The summed E-state index contributed by atoms with van der Waals surface area (Å²) in [5.41, 5.74) is 0.0565. The molecule has 0 amide bonds. The maximum atomic E-state index is 11.2. The van der Waals surface area contributed by atoms with Gasteiger partial charge in [-0.15, -0.1) is 21.5 Å². The summed E-state index contributed by atoms with van der Waals surface area (Å²) in [4.78, 5) is 23.1. The van der Waals surface area contributed by atoms with E-state index in [2.05, 4.69) is 20.3 Å². The fraction of sp³-hybridized carbons (Fsp3) is 0.167. The Kier molecular flexibility index (Phi) is 4.26. The Bertz CT molecular complexity index is 598. The zero-order valence-electron chi connectivity index (χ0n) is 10.4. The van der Waals surface area contributed by atoms with E-state index in [0.717, 1.165) is 0 Å². The smallest absolute Gasteiger partial charge is 0.358 e. The summed E-state index contributed by atoms with van der Waals surface area (Å²) in [6.45, 7) is 0. The molecule has 2 rings (SSSR count). The Hall–Kier alpha value is -2.48. The van der Waals surface area contributed by atoms with E-state index in [4.69, 9.17) is 0 Å². The maximum absolute atomic E-state index is 11.2. The summed E-state index contributed by atoms with van der Waals surface area (Å²) < 4.78 is 4.50.